The minimum Gasteiger partial charge on any atom is -0.366 e. The van der Waals surface area contributed by atoms with Crippen LogP contribution in [0.15, 0.2) is 65.6 Å². The Morgan fingerprint density at radius 1 is 0.946 bits per heavy atom. The van der Waals surface area contributed by atoms with Gasteiger partial charge in [0, 0.05) is 37.7 Å². The minimum absolute atomic E-state index is 0.0349. The zero-order valence-corrected chi connectivity index (χ0v) is 22.8. The van der Waals surface area contributed by atoms with E-state index < -0.39 is 10.0 Å². The highest BCUT2D eigenvalue weighted by molar-refractivity contribution is 7.89. The van der Waals surface area contributed by atoms with Crippen LogP contribution in [0.4, 0.5) is 10.1 Å². The lowest BCUT2D eigenvalue weighted by atomic mass is 10.1. The Bertz CT molecular complexity index is 1370. The summed E-state index contributed by atoms with van der Waals surface area (Å²) in [5.41, 5.74) is 3.50. The Kier molecular flexibility index (Phi) is 8.21. The molecular formula is C28H31ClFN3O3S. The lowest BCUT2D eigenvalue weighted by molar-refractivity contribution is -0.131. The summed E-state index contributed by atoms with van der Waals surface area (Å²) in [5.74, 6) is -0.584. The predicted molar refractivity (Wildman–Crippen MR) is 145 cm³/mol. The van der Waals surface area contributed by atoms with E-state index in [1.54, 1.807) is 61.2 Å². The molecule has 9 heteroatoms. The molecule has 0 radical (unpaired) electrons. The second kappa shape index (κ2) is 11.2. The van der Waals surface area contributed by atoms with Crippen molar-refractivity contribution in [2.75, 3.05) is 37.6 Å². The number of piperazine rings is 1. The third-order valence-electron chi connectivity index (χ3n) is 6.61. The van der Waals surface area contributed by atoms with Crippen molar-refractivity contribution in [2.24, 2.45) is 0 Å². The molecule has 0 N–H and O–H groups in total. The second-order valence-electron chi connectivity index (χ2n) is 9.45. The zero-order valence-electron chi connectivity index (χ0n) is 21.2. The van der Waals surface area contributed by atoms with Crippen LogP contribution in [0.5, 0.6) is 0 Å². The number of halogens is 2. The van der Waals surface area contributed by atoms with Gasteiger partial charge in [0.2, 0.25) is 15.9 Å². The maximum atomic E-state index is 14.2. The zero-order chi connectivity index (χ0) is 26.7. The van der Waals surface area contributed by atoms with Crippen LogP contribution in [0.1, 0.15) is 22.3 Å². The molecule has 6 nitrogen and oxygen atoms in total. The van der Waals surface area contributed by atoms with Gasteiger partial charge in [-0.25, -0.2) is 12.8 Å². The number of sulfonamides is 1. The van der Waals surface area contributed by atoms with Gasteiger partial charge in [-0.15, -0.1) is 0 Å². The second-order valence-corrected chi connectivity index (χ2v) is 11.8. The molecule has 0 atom stereocenters. The number of hydrogen-bond acceptors (Lipinski definition) is 4. The van der Waals surface area contributed by atoms with Gasteiger partial charge >= 0.3 is 0 Å². The molecule has 0 bridgehead atoms. The van der Waals surface area contributed by atoms with E-state index in [4.69, 9.17) is 11.6 Å². The van der Waals surface area contributed by atoms with Crippen LogP contribution in [0.3, 0.4) is 0 Å². The molecule has 196 valence electrons. The summed E-state index contributed by atoms with van der Waals surface area (Å²) in [5, 5.41) is 0.548. The Morgan fingerprint density at radius 2 is 1.54 bits per heavy atom. The summed E-state index contributed by atoms with van der Waals surface area (Å²) in [4.78, 5) is 17.1. The topological polar surface area (TPSA) is 60.9 Å². The summed E-state index contributed by atoms with van der Waals surface area (Å²) in [6, 6.07) is 17.2. The normalized spacial score (nSPS) is 14.3. The molecule has 1 aliphatic heterocycles. The number of anilines is 1. The number of amides is 1. The van der Waals surface area contributed by atoms with Gasteiger partial charge in [-0.2, -0.15) is 4.31 Å². The summed E-state index contributed by atoms with van der Waals surface area (Å²) in [6.45, 7) is 6.90. The van der Waals surface area contributed by atoms with Crippen LogP contribution in [0, 0.1) is 26.6 Å². The van der Waals surface area contributed by atoms with E-state index in [-0.39, 0.29) is 29.7 Å². The van der Waals surface area contributed by atoms with Crippen LogP contribution in [0.25, 0.3) is 0 Å². The van der Waals surface area contributed by atoms with E-state index in [1.165, 1.54) is 10.4 Å². The quantitative estimate of drug-likeness (QED) is 0.423. The summed E-state index contributed by atoms with van der Waals surface area (Å²) in [7, 11) is -3.99. The van der Waals surface area contributed by atoms with Crippen LogP contribution in [-0.4, -0.2) is 56.3 Å². The molecular weight excluding hydrogens is 513 g/mol. The van der Waals surface area contributed by atoms with Crippen molar-refractivity contribution in [2.45, 2.75) is 32.2 Å². The van der Waals surface area contributed by atoms with Gasteiger partial charge < -0.3 is 9.80 Å². The van der Waals surface area contributed by atoms with Crippen molar-refractivity contribution >= 4 is 33.2 Å². The van der Waals surface area contributed by atoms with E-state index in [0.717, 1.165) is 11.1 Å². The number of aryl methyl sites for hydroxylation is 3. The maximum absolute atomic E-state index is 14.2. The first-order valence-corrected chi connectivity index (χ1v) is 14.0. The predicted octanol–water partition coefficient (Wildman–Crippen LogP) is 4.94. The molecule has 1 saturated heterocycles. The molecule has 1 aliphatic rings. The van der Waals surface area contributed by atoms with Gasteiger partial charge in [0.15, 0.2) is 0 Å². The standard InChI is InChI=1S/C28H31ClFN3O3S/c1-20-16-21(2)28(22(3)17-20)37(35,36)33(18-23-8-10-24(29)11-9-23)19-27(34)32-14-12-31(13-15-32)26-7-5-4-6-25(26)30/h4-11,16-17H,12-15,18-19H2,1-3H3. The smallest absolute Gasteiger partial charge is 0.244 e. The van der Waals surface area contributed by atoms with E-state index in [0.29, 0.717) is 48.0 Å². The minimum atomic E-state index is -3.99. The van der Waals surface area contributed by atoms with Gasteiger partial charge in [-0.3, -0.25) is 4.79 Å². The van der Waals surface area contributed by atoms with Gasteiger partial charge in [0.1, 0.15) is 5.82 Å². The number of benzene rings is 3. The molecule has 4 rings (SSSR count). The van der Waals surface area contributed by atoms with Crippen LogP contribution in [0.2, 0.25) is 5.02 Å². The SMILES string of the molecule is Cc1cc(C)c(S(=O)(=O)N(CC(=O)N2CCN(c3ccccc3F)CC2)Cc2ccc(Cl)cc2)c(C)c1. The molecule has 37 heavy (non-hydrogen) atoms. The van der Waals surface area contributed by atoms with Crippen molar-refractivity contribution in [3.63, 3.8) is 0 Å². The number of carbonyl (C=O) groups is 1. The largest absolute Gasteiger partial charge is 0.366 e. The van der Waals surface area contributed by atoms with Gasteiger partial charge in [-0.05, 0) is 61.7 Å². The van der Waals surface area contributed by atoms with Crippen LogP contribution in [-0.2, 0) is 21.4 Å². The van der Waals surface area contributed by atoms with E-state index in [1.807, 2.05) is 24.0 Å². The molecule has 0 aliphatic carbocycles. The van der Waals surface area contributed by atoms with Crippen molar-refractivity contribution in [3.8, 4) is 0 Å². The number of hydrogen-bond donors (Lipinski definition) is 0. The number of nitrogens with zero attached hydrogens (tertiary/aromatic N) is 3. The molecule has 1 heterocycles. The highest BCUT2D eigenvalue weighted by Crippen LogP contribution is 2.27. The fourth-order valence-corrected chi connectivity index (χ4v) is 6.79. The number of carbonyl (C=O) groups excluding carboxylic acids is 1. The molecule has 3 aromatic carbocycles. The van der Waals surface area contributed by atoms with Crippen molar-refractivity contribution < 1.29 is 17.6 Å². The van der Waals surface area contributed by atoms with Crippen molar-refractivity contribution in [1.82, 2.24) is 9.21 Å². The molecule has 0 spiro atoms. The molecule has 0 unspecified atom stereocenters. The summed E-state index contributed by atoms with van der Waals surface area (Å²) < 4.78 is 43.3. The lowest BCUT2D eigenvalue weighted by Crippen LogP contribution is -2.52. The fraction of sp³-hybridized carbons (Fsp3) is 0.321. The van der Waals surface area contributed by atoms with Crippen LogP contribution >= 0.6 is 11.6 Å². The average Bonchev–Trinajstić information content (AvgIpc) is 2.84. The maximum Gasteiger partial charge on any atom is 0.244 e. The fourth-order valence-electron chi connectivity index (χ4n) is 4.88. The van der Waals surface area contributed by atoms with Crippen molar-refractivity contribution in [3.05, 3.63) is 93.8 Å². The van der Waals surface area contributed by atoms with Crippen molar-refractivity contribution in [1.29, 1.82) is 0 Å². The number of para-hydroxylation sites is 1. The third-order valence-corrected chi connectivity index (χ3v) is 8.96. The Labute approximate surface area is 223 Å². The molecule has 1 fully saturated rings. The first kappa shape index (κ1) is 27.1. The highest BCUT2D eigenvalue weighted by Gasteiger charge is 2.32. The first-order valence-electron chi connectivity index (χ1n) is 12.2. The summed E-state index contributed by atoms with van der Waals surface area (Å²) in [6.07, 6.45) is 0. The Balaban J connectivity index is 1.56. The first-order chi connectivity index (χ1) is 17.6. The Hall–Kier alpha value is -2.94. The molecule has 0 saturated carbocycles. The van der Waals surface area contributed by atoms with Gasteiger partial charge in [-0.1, -0.05) is 53.6 Å². The lowest BCUT2D eigenvalue weighted by Gasteiger charge is -2.37. The van der Waals surface area contributed by atoms with Gasteiger partial charge in [0.05, 0.1) is 17.1 Å². The molecule has 3 aromatic rings. The third kappa shape index (κ3) is 6.14. The molecule has 1 amide bonds. The summed E-state index contributed by atoms with van der Waals surface area (Å²) >= 11 is 6.02. The Morgan fingerprint density at radius 3 is 2.14 bits per heavy atom. The number of rotatable bonds is 7. The van der Waals surface area contributed by atoms with E-state index >= 15 is 0 Å². The monoisotopic (exact) mass is 543 g/mol. The van der Waals surface area contributed by atoms with Gasteiger partial charge in [0.25, 0.3) is 0 Å². The van der Waals surface area contributed by atoms with E-state index in [2.05, 4.69) is 0 Å². The van der Waals surface area contributed by atoms with E-state index in [9.17, 15) is 17.6 Å². The average molecular weight is 544 g/mol. The van der Waals surface area contributed by atoms with Crippen LogP contribution < -0.4 is 4.90 Å². The molecule has 0 aromatic heterocycles. The highest BCUT2D eigenvalue weighted by atomic mass is 35.5.